The minimum absolute atomic E-state index is 0.0233. The Labute approximate surface area is 130 Å². The molecule has 116 valence electrons. The molecule has 3 rings (SSSR count). The van der Waals surface area contributed by atoms with E-state index in [-0.39, 0.29) is 12.5 Å². The normalized spacial score (nSPS) is 21.3. The van der Waals surface area contributed by atoms with E-state index in [0.717, 1.165) is 24.1 Å². The largest absolute Gasteiger partial charge is 0.394 e. The Bertz CT molecular complexity index is 653. The molecule has 2 heterocycles. The highest BCUT2D eigenvalue weighted by molar-refractivity contribution is 5.95. The average molecular weight is 299 g/mol. The van der Waals surface area contributed by atoms with Gasteiger partial charge in [0.1, 0.15) is 0 Å². The van der Waals surface area contributed by atoms with Crippen LogP contribution in [-0.4, -0.2) is 44.8 Å². The molecule has 1 saturated heterocycles. The lowest BCUT2D eigenvalue weighted by atomic mass is 9.88. The quantitative estimate of drug-likeness (QED) is 0.906. The van der Waals surface area contributed by atoms with Crippen LogP contribution < -0.4 is 0 Å². The summed E-state index contributed by atoms with van der Waals surface area (Å²) in [6.45, 7) is 2.50. The summed E-state index contributed by atoms with van der Waals surface area (Å²) in [5, 5.41) is 16.8. The Morgan fingerprint density at radius 2 is 2.18 bits per heavy atom. The molecule has 2 N–H and O–H groups in total. The van der Waals surface area contributed by atoms with Crippen molar-refractivity contribution in [2.75, 3.05) is 13.2 Å². The highest BCUT2D eigenvalue weighted by Crippen LogP contribution is 2.34. The van der Waals surface area contributed by atoms with Crippen molar-refractivity contribution in [3.8, 4) is 0 Å². The van der Waals surface area contributed by atoms with Crippen LogP contribution in [0.3, 0.4) is 0 Å². The molecule has 22 heavy (non-hydrogen) atoms. The summed E-state index contributed by atoms with van der Waals surface area (Å²) in [5.74, 6) is -0.0475. The zero-order valence-electron chi connectivity index (χ0n) is 12.7. The van der Waals surface area contributed by atoms with E-state index in [9.17, 15) is 9.90 Å². The summed E-state index contributed by atoms with van der Waals surface area (Å²) in [6, 6.07) is 10.0. The number of carbonyl (C=O) groups is 1. The Morgan fingerprint density at radius 1 is 1.41 bits per heavy atom. The smallest absolute Gasteiger partial charge is 0.257 e. The molecule has 1 aromatic carbocycles. The van der Waals surface area contributed by atoms with Gasteiger partial charge in [0.2, 0.25) is 0 Å². The molecule has 1 unspecified atom stereocenters. The van der Waals surface area contributed by atoms with E-state index in [4.69, 9.17) is 0 Å². The van der Waals surface area contributed by atoms with Gasteiger partial charge in [-0.05, 0) is 31.7 Å². The number of carbonyl (C=O) groups excluding carboxylic acids is 1. The first-order chi connectivity index (χ1) is 10.7. The second-order valence-electron chi connectivity index (χ2n) is 6.01. The molecule has 0 radical (unpaired) electrons. The minimum atomic E-state index is -0.512. The predicted molar refractivity (Wildman–Crippen MR) is 83.6 cm³/mol. The van der Waals surface area contributed by atoms with Crippen LogP contribution in [0.25, 0.3) is 0 Å². The van der Waals surface area contributed by atoms with Crippen LogP contribution in [0.2, 0.25) is 0 Å². The highest BCUT2D eigenvalue weighted by Gasteiger charge is 2.43. The van der Waals surface area contributed by atoms with Gasteiger partial charge in [0.25, 0.3) is 5.91 Å². The van der Waals surface area contributed by atoms with Gasteiger partial charge in [-0.2, -0.15) is 5.10 Å². The molecule has 1 aromatic heterocycles. The maximum atomic E-state index is 12.8. The second kappa shape index (κ2) is 5.93. The number of rotatable bonds is 4. The number of aliphatic hydroxyl groups excluding tert-OH is 1. The second-order valence-corrected chi connectivity index (χ2v) is 6.01. The van der Waals surface area contributed by atoms with Crippen molar-refractivity contribution in [2.45, 2.75) is 31.7 Å². The van der Waals surface area contributed by atoms with Gasteiger partial charge in [-0.3, -0.25) is 9.89 Å². The first kappa shape index (κ1) is 14.8. The molecule has 1 fully saturated rings. The van der Waals surface area contributed by atoms with Gasteiger partial charge in [0.15, 0.2) is 0 Å². The van der Waals surface area contributed by atoms with Crippen molar-refractivity contribution in [3.63, 3.8) is 0 Å². The van der Waals surface area contributed by atoms with E-state index in [2.05, 4.69) is 10.2 Å². The first-order valence-electron chi connectivity index (χ1n) is 7.63. The summed E-state index contributed by atoms with van der Waals surface area (Å²) in [5.41, 5.74) is 1.98. The molecule has 0 aliphatic carbocycles. The summed E-state index contributed by atoms with van der Waals surface area (Å²) in [4.78, 5) is 14.7. The Balaban J connectivity index is 1.89. The summed E-state index contributed by atoms with van der Waals surface area (Å²) in [7, 11) is 0. The van der Waals surface area contributed by atoms with Gasteiger partial charge >= 0.3 is 0 Å². The summed E-state index contributed by atoms with van der Waals surface area (Å²) in [6.07, 6.45) is 3.98. The number of benzene rings is 1. The zero-order chi connectivity index (χ0) is 15.6. The minimum Gasteiger partial charge on any atom is -0.394 e. The fourth-order valence-electron chi connectivity index (χ4n) is 3.35. The Morgan fingerprint density at radius 3 is 2.82 bits per heavy atom. The van der Waals surface area contributed by atoms with Crippen LogP contribution in [0, 0.1) is 6.92 Å². The maximum absolute atomic E-state index is 12.8. The highest BCUT2D eigenvalue weighted by atomic mass is 16.3. The molecular weight excluding hydrogens is 278 g/mol. The molecule has 1 amide bonds. The van der Waals surface area contributed by atoms with Gasteiger partial charge < -0.3 is 10.0 Å². The Kier molecular flexibility index (Phi) is 3.98. The van der Waals surface area contributed by atoms with Crippen LogP contribution in [0.5, 0.6) is 0 Å². The van der Waals surface area contributed by atoms with Gasteiger partial charge in [0.05, 0.1) is 23.9 Å². The number of hydrogen-bond donors (Lipinski definition) is 2. The van der Waals surface area contributed by atoms with Crippen LogP contribution >= 0.6 is 0 Å². The van der Waals surface area contributed by atoms with E-state index in [1.54, 1.807) is 6.20 Å². The van der Waals surface area contributed by atoms with Crippen molar-refractivity contribution >= 4 is 5.91 Å². The van der Waals surface area contributed by atoms with Gasteiger partial charge in [-0.1, -0.05) is 30.3 Å². The molecule has 1 aliphatic rings. The number of nitrogens with zero attached hydrogens (tertiary/aromatic N) is 2. The number of likely N-dealkylation sites (tertiary alicyclic amines) is 1. The van der Waals surface area contributed by atoms with Crippen molar-refractivity contribution in [1.29, 1.82) is 0 Å². The van der Waals surface area contributed by atoms with Crippen LogP contribution in [0.1, 0.15) is 34.5 Å². The standard InChI is InChI=1S/C17H21N3O2/c1-13-15(11-18-19-13)16(22)20-9-5-8-17(20,12-21)10-14-6-3-2-4-7-14/h2-4,6-7,11,21H,5,8-10,12H2,1H3,(H,18,19). The number of aromatic nitrogens is 2. The molecule has 1 atom stereocenters. The monoisotopic (exact) mass is 299 g/mol. The van der Waals surface area contributed by atoms with E-state index in [0.29, 0.717) is 18.5 Å². The number of amides is 1. The average Bonchev–Trinajstić information content (AvgIpc) is 3.14. The van der Waals surface area contributed by atoms with Crippen LogP contribution in [-0.2, 0) is 6.42 Å². The lowest BCUT2D eigenvalue weighted by Gasteiger charge is -2.37. The van der Waals surface area contributed by atoms with E-state index in [1.165, 1.54) is 0 Å². The van der Waals surface area contributed by atoms with Crippen molar-refractivity contribution in [2.24, 2.45) is 0 Å². The number of H-pyrrole nitrogens is 1. The molecule has 0 bridgehead atoms. The molecule has 0 saturated carbocycles. The van der Waals surface area contributed by atoms with E-state index >= 15 is 0 Å². The molecular formula is C17H21N3O2. The van der Waals surface area contributed by atoms with E-state index < -0.39 is 5.54 Å². The molecule has 1 aliphatic heterocycles. The lowest BCUT2D eigenvalue weighted by Crippen LogP contribution is -2.51. The Hall–Kier alpha value is -2.14. The third-order valence-electron chi connectivity index (χ3n) is 4.57. The van der Waals surface area contributed by atoms with Gasteiger partial charge in [-0.15, -0.1) is 0 Å². The molecule has 5 heteroatoms. The number of hydrogen-bond acceptors (Lipinski definition) is 3. The number of nitrogens with one attached hydrogen (secondary N) is 1. The first-order valence-corrected chi connectivity index (χ1v) is 7.63. The topological polar surface area (TPSA) is 69.2 Å². The molecule has 5 nitrogen and oxygen atoms in total. The maximum Gasteiger partial charge on any atom is 0.257 e. The third kappa shape index (κ3) is 2.52. The summed E-state index contributed by atoms with van der Waals surface area (Å²) < 4.78 is 0. The number of aryl methyl sites for hydroxylation is 1. The zero-order valence-corrected chi connectivity index (χ0v) is 12.7. The number of aromatic amines is 1. The van der Waals surface area contributed by atoms with Crippen LogP contribution in [0.15, 0.2) is 36.5 Å². The SMILES string of the molecule is Cc1[nH]ncc1C(=O)N1CCCC1(CO)Cc1ccccc1. The summed E-state index contributed by atoms with van der Waals surface area (Å²) >= 11 is 0. The van der Waals surface area contributed by atoms with Crippen molar-refractivity contribution in [3.05, 3.63) is 53.3 Å². The van der Waals surface area contributed by atoms with Crippen molar-refractivity contribution < 1.29 is 9.90 Å². The van der Waals surface area contributed by atoms with Gasteiger partial charge in [-0.25, -0.2) is 0 Å². The fourth-order valence-corrected chi connectivity index (χ4v) is 3.35. The third-order valence-corrected chi connectivity index (χ3v) is 4.57. The lowest BCUT2D eigenvalue weighted by molar-refractivity contribution is 0.0411. The molecule has 2 aromatic rings. The predicted octanol–water partition coefficient (Wildman–Crippen LogP) is 1.93. The van der Waals surface area contributed by atoms with E-state index in [1.807, 2.05) is 42.2 Å². The number of aliphatic hydroxyl groups is 1. The van der Waals surface area contributed by atoms with Gasteiger partial charge in [0, 0.05) is 12.2 Å². The fraction of sp³-hybridized carbons (Fsp3) is 0.412. The van der Waals surface area contributed by atoms with Crippen molar-refractivity contribution in [1.82, 2.24) is 15.1 Å². The molecule has 0 spiro atoms. The van der Waals surface area contributed by atoms with Crippen LogP contribution in [0.4, 0.5) is 0 Å².